The maximum Gasteiger partial charge on any atom is 0.0381 e. The summed E-state index contributed by atoms with van der Waals surface area (Å²) in [5.74, 6) is 0. The van der Waals surface area contributed by atoms with Crippen LogP contribution < -0.4 is 5.32 Å². The summed E-state index contributed by atoms with van der Waals surface area (Å²) in [7, 11) is 0. The fourth-order valence-electron chi connectivity index (χ4n) is 1.19. The first-order chi connectivity index (χ1) is 6.26. The van der Waals surface area contributed by atoms with E-state index in [-0.39, 0.29) is 0 Å². The van der Waals surface area contributed by atoms with Gasteiger partial charge in [0.05, 0.1) is 0 Å². The van der Waals surface area contributed by atoms with Gasteiger partial charge in [0.25, 0.3) is 0 Å². The molecule has 1 N–H and O–H groups in total. The van der Waals surface area contributed by atoms with E-state index in [1.807, 2.05) is 0 Å². The minimum absolute atomic E-state index is 1.05. The predicted molar refractivity (Wildman–Crippen MR) is 58.8 cm³/mol. The topological polar surface area (TPSA) is 12.0 Å². The second-order valence-electron chi connectivity index (χ2n) is 3.16. The van der Waals surface area contributed by atoms with Gasteiger partial charge in [-0.2, -0.15) is 0 Å². The average Bonchev–Trinajstić information content (AvgIpc) is 2.17. The summed E-state index contributed by atoms with van der Waals surface area (Å²) in [5, 5.41) is 3.37. The van der Waals surface area contributed by atoms with Gasteiger partial charge in [-0.05, 0) is 32.4 Å². The van der Waals surface area contributed by atoms with Gasteiger partial charge in [0.1, 0.15) is 0 Å². The lowest BCUT2D eigenvalue weighted by Crippen LogP contribution is -1.97. The van der Waals surface area contributed by atoms with Crippen LogP contribution in [-0.2, 0) is 0 Å². The molecule has 0 spiro atoms. The Morgan fingerprint density at radius 3 is 2.38 bits per heavy atom. The molecule has 1 nitrogen and oxygen atoms in total. The molecule has 0 aliphatic rings. The number of benzene rings is 1. The van der Waals surface area contributed by atoms with E-state index in [9.17, 15) is 0 Å². The molecule has 0 bridgehead atoms. The minimum Gasteiger partial charge on any atom is -0.359 e. The van der Waals surface area contributed by atoms with Gasteiger partial charge in [-0.1, -0.05) is 30.7 Å². The molecule has 0 heterocycles. The van der Waals surface area contributed by atoms with Gasteiger partial charge in [-0.25, -0.2) is 0 Å². The van der Waals surface area contributed by atoms with Crippen molar-refractivity contribution in [1.29, 1.82) is 0 Å². The van der Waals surface area contributed by atoms with Crippen molar-refractivity contribution in [2.24, 2.45) is 0 Å². The molecule has 1 aromatic rings. The molecule has 0 fully saturated rings. The normalized spacial score (nSPS) is 11.5. The number of hydrogen-bond donors (Lipinski definition) is 1. The monoisotopic (exact) mass is 175 g/mol. The van der Waals surface area contributed by atoms with E-state index in [1.54, 1.807) is 0 Å². The molecule has 1 aromatic carbocycles. The first-order valence-corrected chi connectivity index (χ1v) is 4.75. The standard InChI is InChI=1S/C12H17N/c1-4-11(5-2)13-12-8-6-10(3)7-9-12/h4,6-9,13H,5H2,1-3H3/b11-4+. The minimum atomic E-state index is 1.05. The van der Waals surface area contributed by atoms with Crippen molar-refractivity contribution in [2.75, 3.05) is 5.32 Å². The third kappa shape index (κ3) is 2.94. The lowest BCUT2D eigenvalue weighted by Gasteiger charge is -2.08. The molecule has 0 unspecified atom stereocenters. The fourth-order valence-corrected chi connectivity index (χ4v) is 1.19. The van der Waals surface area contributed by atoms with Crippen molar-refractivity contribution in [3.05, 3.63) is 41.6 Å². The van der Waals surface area contributed by atoms with Gasteiger partial charge in [0.2, 0.25) is 0 Å². The number of rotatable bonds is 3. The molecule has 0 aliphatic carbocycles. The van der Waals surface area contributed by atoms with E-state index >= 15 is 0 Å². The highest BCUT2D eigenvalue weighted by Crippen LogP contribution is 2.12. The van der Waals surface area contributed by atoms with Crippen LogP contribution >= 0.6 is 0 Å². The summed E-state index contributed by atoms with van der Waals surface area (Å²) in [5.41, 5.74) is 3.73. The van der Waals surface area contributed by atoms with Gasteiger partial charge in [0.15, 0.2) is 0 Å². The molecule has 0 saturated carbocycles. The Morgan fingerprint density at radius 2 is 1.92 bits per heavy atom. The van der Waals surface area contributed by atoms with Crippen LogP contribution in [0.2, 0.25) is 0 Å². The van der Waals surface area contributed by atoms with Crippen molar-refractivity contribution in [3.8, 4) is 0 Å². The number of aryl methyl sites for hydroxylation is 1. The van der Waals surface area contributed by atoms with E-state index in [0.717, 1.165) is 6.42 Å². The van der Waals surface area contributed by atoms with Crippen molar-refractivity contribution in [2.45, 2.75) is 27.2 Å². The highest BCUT2D eigenvalue weighted by molar-refractivity contribution is 5.48. The zero-order valence-corrected chi connectivity index (χ0v) is 8.59. The molecular formula is C12H17N. The Morgan fingerprint density at radius 1 is 1.31 bits per heavy atom. The Hall–Kier alpha value is -1.24. The summed E-state index contributed by atoms with van der Waals surface area (Å²) >= 11 is 0. The molecule has 0 amide bonds. The van der Waals surface area contributed by atoms with E-state index in [2.05, 4.69) is 56.4 Å². The van der Waals surface area contributed by atoms with Crippen molar-refractivity contribution in [3.63, 3.8) is 0 Å². The smallest absolute Gasteiger partial charge is 0.0381 e. The molecule has 0 aromatic heterocycles. The second-order valence-corrected chi connectivity index (χ2v) is 3.16. The van der Waals surface area contributed by atoms with Gasteiger partial charge in [-0.15, -0.1) is 0 Å². The van der Waals surface area contributed by atoms with Crippen LogP contribution in [0, 0.1) is 6.92 Å². The Balaban J connectivity index is 2.69. The lowest BCUT2D eigenvalue weighted by molar-refractivity contribution is 1.10. The summed E-state index contributed by atoms with van der Waals surface area (Å²) in [6, 6.07) is 8.44. The first-order valence-electron chi connectivity index (χ1n) is 4.75. The molecule has 70 valence electrons. The Labute approximate surface area is 80.5 Å². The van der Waals surface area contributed by atoms with Gasteiger partial charge in [-0.3, -0.25) is 0 Å². The van der Waals surface area contributed by atoms with Crippen molar-refractivity contribution >= 4 is 5.69 Å². The predicted octanol–water partition coefficient (Wildman–Crippen LogP) is 3.72. The van der Waals surface area contributed by atoms with E-state index in [4.69, 9.17) is 0 Å². The maximum absolute atomic E-state index is 3.37. The molecule has 0 radical (unpaired) electrons. The summed E-state index contributed by atoms with van der Waals surface area (Å²) in [6.07, 6.45) is 3.16. The zero-order chi connectivity index (χ0) is 9.68. The van der Waals surface area contributed by atoms with Crippen LogP contribution in [-0.4, -0.2) is 0 Å². The molecule has 0 atom stereocenters. The average molecular weight is 175 g/mol. The van der Waals surface area contributed by atoms with Crippen LogP contribution in [0.15, 0.2) is 36.0 Å². The Kier molecular flexibility index (Phi) is 3.56. The highest BCUT2D eigenvalue weighted by atomic mass is 14.9. The number of nitrogens with one attached hydrogen (secondary N) is 1. The molecule has 1 heteroatoms. The van der Waals surface area contributed by atoms with Crippen LogP contribution in [0.25, 0.3) is 0 Å². The number of hydrogen-bond acceptors (Lipinski definition) is 1. The number of anilines is 1. The largest absolute Gasteiger partial charge is 0.359 e. The quantitative estimate of drug-likeness (QED) is 0.738. The van der Waals surface area contributed by atoms with Crippen LogP contribution in [0.1, 0.15) is 25.8 Å². The van der Waals surface area contributed by atoms with Crippen LogP contribution in [0.4, 0.5) is 5.69 Å². The third-order valence-corrected chi connectivity index (χ3v) is 2.09. The molecule has 0 aliphatic heterocycles. The van der Waals surface area contributed by atoms with Crippen LogP contribution in [0.5, 0.6) is 0 Å². The lowest BCUT2D eigenvalue weighted by atomic mass is 10.2. The van der Waals surface area contributed by atoms with Crippen molar-refractivity contribution in [1.82, 2.24) is 0 Å². The third-order valence-electron chi connectivity index (χ3n) is 2.09. The highest BCUT2D eigenvalue weighted by Gasteiger charge is 1.93. The van der Waals surface area contributed by atoms with Gasteiger partial charge in [0, 0.05) is 11.4 Å². The molecular weight excluding hydrogens is 158 g/mol. The van der Waals surface area contributed by atoms with E-state index in [0.29, 0.717) is 0 Å². The maximum atomic E-state index is 3.37. The van der Waals surface area contributed by atoms with Gasteiger partial charge < -0.3 is 5.32 Å². The van der Waals surface area contributed by atoms with Crippen LogP contribution in [0.3, 0.4) is 0 Å². The van der Waals surface area contributed by atoms with Gasteiger partial charge >= 0.3 is 0 Å². The van der Waals surface area contributed by atoms with Crippen molar-refractivity contribution < 1.29 is 0 Å². The second kappa shape index (κ2) is 4.70. The molecule has 1 rings (SSSR count). The summed E-state index contributed by atoms with van der Waals surface area (Å²) < 4.78 is 0. The summed E-state index contributed by atoms with van der Waals surface area (Å²) in [6.45, 7) is 6.30. The first kappa shape index (κ1) is 9.85. The van der Waals surface area contributed by atoms with E-state index < -0.39 is 0 Å². The molecule has 13 heavy (non-hydrogen) atoms. The van der Waals surface area contributed by atoms with E-state index in [1.165, 1.54) is 16.9 Å². The Bertz CT molecular complexity index is 282. The SMILES string of the molecule is C/C=C(\CC)Nc1ccc(C)cc1. The fraction of sp³-hybridized carbons (Fsp3) is 0.333. The summed E-state index contributed by atoms with van der Waals surface area (Å²) in [4.78, 5) is 0. The zero-order valence-electron chi connectivity index (χ0n) is 8.59. The molecule has 0 saturated heterocycles. The number of allylic oxidation sites excluding steroid dienone is 2.